The van der Waals surface area contributed by atoms with E-state index >= 15 is 0 Å². The third-order valence-electron chi connectivity index (χ3n) is 4.02. The molecule has 0 saturated heterocycles. The Morgan fingerprint density at radius 1 is 1.28 bits per heavy atom. The van der Waals surface area contributed by atoms with Gasteiger partial charge in [0.25, 0.3) is 0 Å². The predicted octanol–water partition coefficient (Wildman–Crippen LogP) is 4.86. The molecule has 108 valence electrons. The van der Waals surface area contributed by atoms with Gasteiger partial charge in [0.15, 0.2) is 0 Å². The van der Waals surface area contributed by atoms with Crippen LogP contribution in [0.2, 0.25) is 0 Å². The molecule has 1 rings (SSSR count). The van der Waals surface area contributed by atoms with Crippen molar-refractivity contribution < 1.29 is 0 Å². The topological polar surface area (TPSA) is 12.0 Å². The maximum Gasteiger partial charge on any atom is 0.00495 e. The molecule has 0 amide bonds. The van der Waals surface area contributed by atoms with Gasteiger partial charge in [0.1, 0.15) is 0 Å². The van der Waals surface area contributed by atoms with Gasteiger partial charge in [-0.3, -0.25) is 0 Å². The van der Waals surface area contributed by atoms with Crippen LogP contribution in [-0.2, 0) is 0 Å². The lowest BCUT2D eigenvalue weighted by Crippen LogP contribution is -2.26. The summed E-state index contributed by atoms with van der Waals surface area (Å²) >= 11 is 2.25. The Morgan fingerprint density at radius 2 is 2.11 bits per heavy atom. The van der Waals surface area contributed by atoms with Crippen molar-refractivity contribution >= 4 is 11.8 Å². The van der Waals surface area contributed by atoms with Crippen LogP contribution in [0.4, 0.5) is 0 Å². The average molecular weight is 272 g/mol. The molecule has 0 aromatic carbocycles. The smallest absolute Gasteiger partial charge is 0.00495 e. The van der Waals surface area contributed by atoms with Gasteiger partial charge < -0.3 is 5.32 Å². The van der Waals surface area contributed by atoms with Crippen molar-refractivity contribution in [3.05, 3.63) is 0 Å². The number of unbranched alkanes of at least 4 members (excludes halogenated alkanes) is 1. The second kappa shape index (κ2) is 10.1. The lowest BCUT2D eigenvalue weighted by Gasteiger charge is -2.26. The highest BCUT2D eigenvalue weighted by atomic mass is 32.2. The highest BCUT2D eigenvalue weighted by molar-refractivity contribution is 7.99. The van der Waals surface area contributed by atoms with E-state index in [1.54, 1.807) is 0 Å². The molecule has 0 spiro atoms. The van der Waals surface area contributed by atoms with Crippen molar-refractivity contribution in [2.45, 2.75) is 83.4 Å². The number of hydrogen-bond donors (Lipinski definition) is 1. The molecule has 1 fully saturated rings. The van der Waals surface area contributed by atoms with Crippen molar-refractivity contribution in [2.24, 2.45) is 5.92 Å². The molecule has 0 bridgehead atoms. The molecule has 3 atom stereocenters. The van der Waals surface area contributed by atoms with Gasteiger partial charge in [0.05, 0.1) is 0 Å². The number of nitrogens with one attached hydrogen (secondary N) is 1. The maximum absolute atomic E-state index is 3.57. The second-order valence-corrected chi connectivity index (χ2v) is 7.52. The van der Waals surface area contributed by atoms with E-state index in [-0.39, 0.29) is 0 Å². The fourth-order valence-electron chi connectivity index (χ4n) is 2.83. The van der Waals surface area contributed by atoms with Crippen molar-refractivity contribution in [3.8, 4) is 0 Å². The Balaban J connectivity index is 1.91. The summed E-state index contributed by atoms with van der Waals surface area (Å²) in [5, 5.41) is 4.55. The minimum Gasteiger partial charge on any atom is -0.314 e. The molecule has 1 aliphatic rings. The summed E-state index contributed by atoms with van der Waals surface area (Å²) in [6.45, 7) is 8.16. The average Bonchev–Trinajstić information content (AvgIpc) is 2.36. The molecule has 1 aliphatic carbocycles. The first kappa shape index (κ1) is 16.4. The van der Waals surface area contributed by atoms with E-state index in [0.717, 1.165) is 11.2 Å². The van der Waals surface area contributed by atoms with Gasteiger partial charge >= 0.3 is 0 Å². The van der Waals surface area contributed by atoms with E-state index in [9.17, 15) is 0 Å². The van der Waals surface area contributed by atoms with Crippen molar-refractivity contribution in [1.82, 2.24) is 5.32 Å². The SMILES string of the molecule is CCCNC(C)CCCCSC1CCCC(C)C1. The monoisotopic (exact) mass is 271 g/mol. The van der Waals surface area contributed by atoms with Gasteiger partial charge in [0.2, 0.25) is 0 Å². The van der Waals surface area contributed by atoms with Gasteiger partial charge in [-0.15, -0.1) is 0 Å². The molecular weight excluding hydrogens is 238 g/mol. The lowest BCUT2D eigenvalue weighted by atomic mass is 9.91. The normalized spacial score (nSPS) is 26.2. The van der Waals surface area contributed by atoms with Crippen LogP contribution < -0.4 is 5.32 Å². The third kappa shape index (κ3) is 7.68. The molecular formula is C16H33NS. The molecule has 0 aliphatic heterocycles. The molecule has 2 heteroatoms. The maximum atomic E-state index is 3.57. The summed E-state index contributed by atoms with van der Waals surface area (Å²) in [5.41, 5.74) is 0. The number of thioether (sulfide) groups is 1. The molecule has 1 nitrogen and oxygen atoms in total. The Kier molecular flexibility index (Phi) is 9.22. The summed E-state index contributed by atoms with van der Waals surface area (Å²) in [5.74, 6) is 2.37. The minimum atomic E-state index is 0.713. The zero-order valence-corrected chi connectivity index (χ0v) is 13.5. The van der Waals surface area contributed by atoms with Crippen LogP contribution in [0.5, 0.6) is 0 Å². The van der Waals surface area contributed by atoms with Crippen LogP contribution in [0.3, 0.4) is 0 Å². The zero-order valence-electron chi connectivity index (χ0n) is 12.7. The summed E-state index contributed by atoms with van der Waals surface area (Å²) in [7, 11) is 0. The Labute approximate surface area is 119 Å². The van der Waals surface area contributed by atoms with Gasteiger partial charge in [0, 0.05) is 11.3 Å². The summed E-state index contributed by atoms with van der Waals surface area (Å²) in [4.78, 5) is 0. The fourth-order valence-corrected chi connectivity index (χ4v) is 4.33. The predicted molar refractivity (Wildman–Crippen MR) is 85.5 cm³/mol. The van der Waals surface area contributed by atoms with Crippen LogP contribution in [-0.4, -0.2) is 23.6 Å². The standard InChI is InChI=1S/C16H33NS/c1-4-11-17-15(3)9-5-6-12-18-16-10-7-8-14(2)13-16/h14-17H,4-13H2,1-3H3. The van der Waals surface area contributed by atoms with Crippen LogP contribution in [0, 0.1) is 5.92 Å². The number of hydrogen-bond acceptors (Lipinski definition) is 2. The minimum absolute atomic E-state index is 0.713. The molecule has 18 heavy (non-hydrogen) atoms. The van der Waals surface area contributed by atoms with E-state index in [4.69, 9.17) is 0 Å². The molecule has 0 aromatic rings. The van der Waals surface area contributed by atoms with E-state index < -0.39 is 0 Å². The molecule has 3 unspecified atom stereocenters. The van der Waals surface area contributed by atoms with Crippen molar-refractivity contribution in [1.29, 1.82) is 0 Å². The second-order valence-electron chi connectivity index (χ2n) is 6.12. The van der Waals surface area contributed by atoms with Crippen LogP contribution in [0.15, 0.2) is 0 Å². The van der Waals surface area contributed by atoms with Gasteiger partial charge in [-0.2, -0.15) is 11.8 Å². The summed E-state index contributed by atoms with van der Waals surface area (Å²) in [6.07, 6.45) is 11.3. The van der Waals surface area contributed by atoms with Crippen LogP contribution in [0.25, 0.3) is 0 Å². The van der Waals surface area contributed by atoms with Crippen molar-refractivity contribution in [3.63, 3.8) is 0 Å². The summed E-state index contributed by atoms with van der Waals surface area (Å²) < 4.78 is 0. The first-order valence-corrected chi connectivity index (χ1v) is 9.12. The van der Waals surface area contributed by atoms with E-state index in [2.05, 4.69) is 37.8 Å². The molecule has 1 N–H and O–H groups in total. The van der Waals surface area contributed by atoms with E-state index in [0.29, 0.717) is 6.04 Å². The first-order chi connectivity index (χ1) is 8.72. The van der Waals surface area contributed by atoms with E-state index in [1.807, 2.05) is 0 Å². The Hall–Kier alpha value is 0.310. The highest BCUT2D eigenvalue weighted by Crippen LogP contribution is 2.32. The van der Waals surface area contributed by atoms with Gasteiger partial charge in [-0.05, 0) is 57.2 Å². The Bertz CT molecular complexity index is 196. The highest BCUT2D eigenvalue weighted by Gasteiger charge is 2.18. The molecule has 0 heterocycles. The van der Waals surface area contributed by atoms with Crippen LogP contribution >= 0.6 is 11.8 Å². The molecule has 0 radical (unpaired) electrons. The van der Waals surface area contributed by atoms with E-state index in [1.165, 1.54) is 63.7 Å². The largest absolute Gasteiger partial charge is 0.314 e. The third-order valence-corrected chi connectivity index (χ3v) is 5.44. The summed E-state index contributed by atoms with van der Waals surface area (Å²) in [6, 6.07) is 0.713. The number of rotatable bonds is 9. The first-order valence-electron chi connectivity index (χ1n) is 8.07. The zero-order chi connectivity index (χ0) is 13.2. The molecule has 0 aromatic heterocycles. The quantitative estimate of drug-likeness (QED) is 0.601. The van der Waals surface area contributed by atoms with Crippen LogP contribution in [0.1, 0.15) is 72.1 Å². The lowest BCUT2D eigenvalue weighted by molar-refractivity contribution is 0.394. The van der Waals surface area contributed by atoms with Gasteiger partial charge in [-0.1, -0.05) is 33.1 Å². The fraction of sp³-hybridized carbons (Fsp3) is 1.00. The Morgan fingerprint density at radius 3 is 2.83 bits per heavy atom. The van der Waals surface area contributed by atoms with Gasteiger partial charge in [-0.25, -0.2) is 0 Å². The van der Waals surface area contributed by atoms with Crippen molar-refractivity contribution in [2.75, 3.05) is 12.3 Å². The molecule has 1 saturated carbocycles.